The molecule has 0 radical (unpaired) electrons. The van der Waals surface area contributed by atoms with E-state index in [-0.39, 0.29) is 12.0 Å². The molecule has 3 nitrogen and oxygen atoms in total. The van der Waals surface area contributed by atoms with Crippen molar-refractivity contribution >= 4 is 5.97 Å². The number of likely N-dealkylation sites (tertiary alicyclic amines) is 1. The van der Waals surface area contributed by atoms with Crippen LogP contribution in [0, 0.1) is 6.92 Å². The van der Waals surface area contributed by atoms with Crippen LogP contribution in [0.3, 0.4) is 0 Å². The van der Waals surface area contributed by atoms with Gasteiger partial charge in [-0.25, -0.2) is 0 Å². The molecule has 2 atom stereocenters. The number of carbonyl (C=O) groups is 1. The number of carbonyl (C=O) groups excluding carboxylic acids is 1. The fraction of sp³-hybridized carbons (Fsp3) is 0.533. The van der Waals surface area contributed by atoms with Crippen molar-refractivity contribution in [3.05, 3.63) is 35.4 Å². The number of esters is 1. The minimum atomic E-state index is -0.115. The molecule has 0 aliphatic carbocycles. The molecule has 1 heterocycles. The highest BCUT2D eigenvalue weighted by Crippen LogP contribution is 2.32. The minimum absolute atomic E-state index is 0.103. The molecule has 3 heteroatoms. The van der Waals surface area contributed by atoms with Gasteiger partial charge < -0.3 is 4.74 Å². The monoisotopic (exact) mass is 247 g/mol. The van der Waals surface area contributed by atoms with Gasteiger partial charge in [-0.2, -0.15) is 0 Å². The first-order valence-electron chi connectivity index (χ1n) is 6.47. The van der Waals surface area contributed by atoms with Gasteiger partial charge in [-0.05, 0) is 50.4 Å². The summed E-state index contributed by atoms with van der Waals surface area (Å²) >= 11 is 0. The Morgan fingerprint density at radius 3 is 2.78 bits per heavy atom. The van der Waals surface area contributed by atoms with E-state index in [0.717, 1.165) is 19.4 Å². The quantitative estimate of drug-likeness (QED) is 0.751. The number of likely N-dealkylation sites (N-methyl/N-ethyl adjacent to an activating group) is 1. The van der Waals surface area contributed by atoms with Gasteiger partial charge in [-0.3, -0.25) is 9.69 Å². The molecule has 0 unspecified atom stereocenters. The van der Waals surface area contributed by atoms with Crippen LogP contribution in [0.4, 0.5) is 0 Å². The van der Waals surface area contributed by atoms with E-state index >= 15 is 0 Å². The average Bonchev–Trinajstić information content (AvgIpc) is 2.39. The second-order valence-corrected chi connectivity index (χ2v) is 5.10. The van der Waals surface area contributed by atoms with Crippen molar-refractivity contribution in [1.82, 2.24) is 4.90 Å². The Morgan fingerprint density at radius 2 is 2.11 bits per heavy atom. The maximum Gasteiger partial charge on any atom is 0.323 e. The van der Waals surface area contributed by atoms with E-state index in [1.807, 2.05) is 7.05 Å². The lowest BCUT2D eigenvalue weighted by Gasteiger charge is -2.36. The summed E-state index contributed by atoms with van der Waals surface area (Å²) in [5.74, 6) is 0.349. The lowest BCUT2D eigenvalue weighted by atomic mass is 9.83. The van der Waals surface area contributed by atoms with E-state index in [1.54, 1.807) is 0 Å². The van der Waals surface area contributed by atoms with Crippen molar-refractivity contribution in [2.45, 2.75) is 31.7 Å². The predicted octanol–water partition coefficient (Wildman–Crippen LogP) is 2.35. The predicted molar refractivity (Wildman–Crippen MR) is 71.6 cm³/mol. The zero-order chi connectivity index (χ0) is 13.1. The molecule has 0 aromatic heterocycles. The summed E-state index contributed by atoms with van der Waals surface area (Å²) in [4.78, 5) is 13.9. The number of methoxy groups -OCH3 is 1. The smallest absolute Gasteiger partial charge is 0.323 e. The van der Waals surface area contributed by atoms with Crippen LogP contribution < -0.4 is 0 Å². The third-order valence-electron chi connectivity index (χ3n) is 3.97. The molecule has 0 amide bonds. The van der Waals surface area contributed by atoms with E-state index in [4.69, 9.17) is 4.74 Å². The summed E-state index contributed by atoms with van der Waals surface area (Å²) in [6.07, 6.45) is 1.96. The molecule has 18 heavy (non-hydrogen) atoms. The highest BCUT2D eigenvalue weighted by atomic mass is 16.5. The number of aryl methyl sites for hydroxylation is 1. The van der Waals surface area contributed by atoms with Crippen molar-refractivity contribution < 1.29 is 9.53 Å². The number of rotatable bonds is 2. The zero-order valence-corrected chi connectivity index (χ0v) is 11.3. The van der Waals surface area contributed by atoms with Gasteiger partial charge >= 0.3 is 5.97 Å². The van der Waals surface area contributed by atoms with E-state index in [1.165, 1.54) is 18.2 Å². The Hall–Kier alpha value is -1.35. The largest absolute Gasteiger partial charge is 0.468 e. The van der Waals surface area contributed by atoms with Crippen LogP contribution in [0.1, 0.15) is 29.9 Å². The third-order valence-corrected chi connectivity index (χ3v) is 3.97. The minimum Gasteiger partial charge on any atom is -0.468 e. The maximum absolute atomic E-state index is 11.8. The van der Waals surface area contributed by atoms with Gasteiger partial charge in [0.25, 0.3) is 0 Å². The second kappa shape index (κ2) is 5.53. The van der Waals surface area contributed by atoms with Crippen LogP contribution in [0.5, 0.6) is 0 Å². The molecule has 2 rings (SSSR count). The summed E-state index contributed by atoms with van der Waals surface area (Å²) in [5, 5.41) is 0. The Bertz CT molecular complexity index is 430. The van der Waals surface area contributed by atoms with Crippen LogP contribution in [-0.4, -0.2) is 37.6 Å². The SMILES string of the molecule is COC(=O)[C@H]1C[C@H](c2ccccc2C)CCN1C. The van der Waals surface area contributed by atoms with E-state index < -0.39 is 0 Å². The molecule has 0 saturated carbocycles. The first kappa shape index (κ1) is 13.1. The molecule has 0 N–H and O–H groups in total. The molecular formula is C15H21NO2. The third kappa shape index (κ3) is 2.56. The van der Waals surface area contributed by atoms with Gasteiger partial charge in [0.05, 0.1) is 7.11 Å². The van der Waals surface area contributed by atoms with Crippen molar-refractivity contribution in [2.24, 2.45) is 0 Å². The second-order valence-electron chi connectivity index (χ2n) is 5.10. The van der Waals surface area contributed by atoms with Crippen molar-refractivity contribution in [1.29, 1.82) is 0 Å². The fourth-order valence-corrected chi connectivity index (χ4v) is 2.82. The molecular weight excluding hydrogens is 226 g/mol. The van der Waals surface area contributed by atoms with E-state index in [9.17, 15) is 4.79 Å². The van der Waals surface area contributed by atoms with Gasteiger partial charge in [-0.15, -0.1) is 0 Å². The van der Waals surface area contributed by atoms with Gasteiger partial charge in [0.1, 0.15) is 6.04 Å². The molecule has 1 aliphatic rings. The Kier molecular flexibility index (Phi) is 4.02. The molecule has 1 aromatic carbocycles. The van der Waals surface area contributed by atoms with Gasteiger partial charge in [-0.1, -0.05) is 24.3 Å². The molecule has 0 bridgehead atoms. The average molecular weight is 247 g/mol. The molecule has 1 aromatic rings. The van der Waals surface area contributed by atoms with Crippen LogP contribution in [0.2, 0.25) is 0 Å². The lowest BCUT2D eigenvalue weighted by Crippen LogP contribution is -2.44. The van der Waals surface area contributed by atoms with Crippen LogP contribution in [-0.2, 0) is 9.53 Å². The fourth-order valence-electron chi connectivity index (χ4n) is 2.82. The number of nitrogens with zero attached hydrogens (tertiary/aromatic N) is 1. The number of piperidine rings is 1. The summed E-state index contributed by atoms with van der Waals surface area (Å²) < 4.78 is 4.89. The standard InChI is InChI=1S/C15H21NO2/c1-11-6-4-5-7-13(11)12-8-9-16(2)14(10-12)15(17)18-3/h4-7,12,14H,8-10H2,1-3H3/t12-,14-/m1/s1. The van der Waals surface area contributed by atoms with Crippen LogP contribution in [0.25, 0.3) is 0 Å². The number of benzene rings is 1. The normalized spacial score (nSPS) is 24.8. The Balaban J connectivity index is 2.17. The molecule has 98 valence electrons. The molecule has 1 aliphatic heterocycles. The van der Waals surface area contributed by atoms with Crippen molar-refractivity contribution in [3.63, 3.8) is 0 Å². The van der Waals surface area contributed by atoms with Gasteiger partial charge in [0.15, 0.2) is 0 Å². The lowest BCUT2D eigenvalue weighted by molar-refractivity contribution is -0.147. The zero-order valence-electron chi connectivity index (χ0n) is 11.3. The van der Waals surface area contributed by atoms with Crippen molar-refractivity contribution in [3.8, 4) is 0 Å². The first-order chi connectivity index (χ1) is 8.63. The number of ether oxygens (including phenoxy) is 1. The number of hydrogen-bond donors (Lipinski definition) is 0. The molecule has 1 saturated heterocycles. The summed E-state index contributed by atoms with van der Waals surface area (Å²) in [7, 11) is 3.46. The highest BCUT2D eigenvalue weighted by Gasteiger charge is 2.32. The summed E-state index contributed by atoms with van der Waals surface area (Å²) in [5.41, 5.74) is 2.69. The number of hydrogen-bond acceptors (Lipinski definition) is 3. The maximum atomic E-state index is 11.8. The van der Waals surface area contributed by atoms with Crippen LogP contribution in [0.15, 0.2) is 24.3 Å². The Labute approximate surface area is 109 Å². The first-order valence-corrected chi connectivity index (χ1v) is 6.47. The highest BCUT2D eigenvalue weighted by molar-refractivity contribution is 5.75. The topological polar surface area (TPSA) is 29.5 Å². The van der Waals surface area contributed by atoms with Crippen molar-refractivity contribution in [2.75, 3.05) is 20.7 Å². The Morgan fingerprint density at radius 1 is 1.39 bits per heavy atom. The van der Waals surface area contributed by atoms with Crippen LogP contribution >= 0.6 is 0 Å². The molecule has 1 fully saturated rings. The summed E-state index contributed by atoms with van der Waals surface area (Å²) in [6.45, 7) is 3.08. The van der Waals surface area contributed by atoms with Gasteiger partial charge in [0, 0.05) is 0 Å². The van der Waals surface area contributed by atoms with E-state index in [0.29, 0.717) is 5.92 Å². The van der Waals surface area contributed by atoms with Gasteiger partial charge in [0.2, 0.25) is 0 Å². The summed E-state index contributed by atoms with van der Waals surface area (Å²) in [6, 6.07) is 8.35. The van der Waals surface area contributed by atoms with E-state index in [2.05, 4.69) is 36.1 Å². The molecule has 0 spiro atoms.